The van der Waals surface area contributed by atoms with E-state index in [0.29, 0.717) is 5.88 Å². The standard InChI is InChI=1S/C21H41ClO/c1-3-4-5-6-7-8-9-10-11-12-13-14-15-16-18-23-19-17-21(2)20-22/h17H,3-16,18-20H2,1-2H3. The highest BCUT2D eigenvalue weighted by Crippen LogP contribution is 2.12. The molecule has 0 aliphatic rings. The predicted molar refractivity (Wildman–Crippen MR) is 106 cm³/mol. The molecule has 0 unspecified atom stereocenters. The van der Waals surface area contributed by atoms with E-state index in [-0.39, 0.29) is 0 Å². The minimum Gasteiger partial charge on any atom is -0.377 e. The summed E-state index contributed by atoms with van der Waals surface area (Å²) in [5.41, 5.74) is 1.20. The minimum absolute atomic E-state index is 0.613. The molecule has 0 amide bonds. The van der Waals surface area contributed by atoms with Gasteiger partial charge in [0.05, 0.1) is 6.61 Å². The molecular weight excluding hydrogens is 304 g/mol. The van der Waals surface area contributed by atoms with Crippen LogP contribution < -0.4 is 0 Å². The van der Waals surface area contributed by atoms with Gasteiger partial charge in [-0.05, 0) is 13.3 Å². The number of halogens is 1. The molecule has 0 aliphatic heterocycles. The fourth-order valence-corrected chi connectivity index (χ4v) is 2.85. The third-order valence-corrected chi connectivity index (χ3v) is 4.82. The first-order valence-electron chi connectivity index (χ1n) is 10.1. The second kappa shape index (κ2) is 20.0. The van der Waals surface area contributed by atoms with Crippen LogP contribution in [0.2, 0.25) is 0 Å². The largest absolute Gasteiger partial charge is 0.377 e. The molecule has 0 saturated heterocycles. The topological polar surface area (TPSA) is 9.23 Å². The van der Waals surface area contributed by atoms with Crippen molar-refractivity contribution in [2.24, 2.45) is 0 Å². The van der Waals surface area contributed by atoms with Gasteiger partial charge in [0.25, 0.3) is 0 Å². The maximum Gasteiger partial charge on any atom is 0.0650 e. The van der Waals surface area contributed by atoms with Gasteiger partial charge in [0.2, 0.25) is 0 Å². The van der Waals surface area contributed by atoms with E-state index in [0.717, 1.165) is 13.2 Å². The molecule has 0 N–H and O–H groups in total. The maximum atomic E-state index is 5.70. The van der Waals surface area contributed by atoms with Crippen LogP contribution in [-0.2, 0) is 4.74 Å². The van der Waals surface area contributed by atoms with Gasteiger partial charge in [0, 0.05) is 12.5 Å². The molecule has 0 aromatic rings. The molecule has 138 valence electrons. The Morgan fingerprint density at radius 1 is 0.739 bits per heavy atom. The van der Waals surface area contributed by atoms with E-state index >= 15 is 0 Å². The average Bonchev–Trinajstić information content (AvgIpc) is 2.57. The lowest BCUT2D eigenvalue weighted by molar-refractivity contribution is 0.156. The summed E-state index contributed by atoms with van der Waals surface area (Å²) in [5.74, 6) is 0.613. The highest BCUT2D eigenvalue weighted by atomic mass is 35.5. The molecule has 23 heavy (non-hydrogen) atoms. The summed E-state index contributed by atoms with van der Waals surface area (Å²) in [6.07, 6.45) is 21.7. The maximum absolute atomic E-state index is 5.70. The summed E-state index contributed by atoms with van der Waals surface area (Å²) in [4.78, 5) is 0. The summed E-state index contributed by atoms with van der Waals surface area (Å²) >= 11 is 5.70. The second-order valence-corrected chi connectivity index (χ2v) is 7.12. The molecule has 2 heteroatoms. The number of hydrogen-bond acceptors (Lipinski definition) is 1. The lowest BCUT2D eigenvalue weighted by atomic mass is 10.0. The molecule has 0 rings (SSSR count). The van der Waals surface area contributed by atoms with Gasteiger partial charge in [-0.3, -0.25) is 0 Å². The molecule has 0 fully saturated rings. The molecular formula is C21H41ClO. The lowest BCUT2D eigenvalue weighted by Crippen LogP contribution is -1.95. The molecule has 0 atom stereocenters. The monoisotopic (exact) mass is 344 g/mol. The zero-order valence-corrected chi connectivity index (χ0v) is 16.6. The summed E-state index contributed by atoms with van der Waals surface area (Å²) in [6.45, 7) is 5.94. The van der Waals surface area contributed by atoms with E-state index in [4.69, 9.17) is 16.3 Å². The molecule has 1 nitrogen and oxygen atoms in total. The zero-order valence-electron chi connectivity index (χ0n) is 15.9. The van der Waals surface area contributed by atoms with Crippen molar-refractivity contribution < 1.29 is 4.74 Å². The van der Waals surface area contributed by atoms with Gasteiger partial charge in [0.15, 0.2) is 0 Å². The molecule has 0 aromatic heterocycles. The van der Waals surface area contributed by atoms with Crippen LogP contribution in [0.25, 0.3) is 0 Å². The van der Waals surface area contributed by atoms with Gasteiger partial charge in [-0.15, -0.1) is 11.6 Å². The van der Waals surface area contributed by atoms with Gasteiger partial charge in [-0.25, -0.2) is 0 Å². The fraction of sp³-hybridized carbons (Fsp3) is 0.905. The van der Waals surface area contributed by atoms with Crippen LogP contribution in [-0.4, -0.2) is 19.1 Å². The highest BCUT2D eigenvalue weighted by molar-refractivity contribution is 6.19. The minimum atomic E-state index is 0.613. The van der Waals surface area contributed by atoms with Crippen molar-refractivity contribution in [3.63, 3.8) is 0 Å². The number of ether oxygens (including phenoxy) is 1. The summed E-state index contributed by atoms with van der Waals surface area (Å²) in [5, 5.41) is 0. The van der Waals surface area contributed by atoms with Crippen molar-refractivity contribution in [1.29, 1.82) is 0 Å². The van der Waals surface area contributed by atoms with Crippen molar-refractivity contribution in [3.05, 3.63) is 11.6 Å². The van der Waals surface area contributed by atoms with Crippen LogP contribution in [0.1, 0.15) is 104 Å². The van der Waals surface area contributed by atoms with Crippen molar-refractivity contribution >= 4 is 11.6 Å². The zero-order chi connectivity index (χ0) is 17.0. The van der Waals surface area contributed by atoms with E-state index in [2.05, 4.69) is 13.0 Å². The number of alkyl halides is 1. The normalized spacial score (nSPS) is 12.0. The van der Waals surface area contributed by atoms with E-state index in [1.807, 2.05) is 6.92 Å². The van der Waals surface area contributed by atoms with Crippen LogP contribution in [0.4, 0.5) is 0 Å². The van der Waals surface area contributed by atoms with Crippen LogP contribution in [0.3, 0.4) is 0 Å². The van der Waals surface area contributed by atoms with Crippen LogP contribution >= 0.6 is 11.6 Å². The van der Waals surface area contributed by atoms with Crippen LogP contribution in [0, 0.1) is 0 Å². The third-order valence-electron chi connectivity index (χ3n) is 4.40. The quantitative estimate of drug-likeness (QED) is 0.141. The summed E-state index contributed by atoms with van der Waals surface area (Å²) in [7, 11) is 0. The molecule has 0 aliphatic carbocycles. The Kier molecular flexibility index (Phi) is 20.0. The smallest absolute Gasteiger partial charge is 0.0650 e. The van der Waals surface area contributed by atoms with Crippen molar-refractivity contribution in [2.75, 3.05) is 19.1 Å². The Bertz CT molecular complexity index is 250. The summed E-state index contributed by atoms with van der Waals surface area (Å²) < 4.78 is 5.58. The number of rotatable bonds is 18. The second-order valence-electron chi connectivity index (χ2n) is 6.86. The van der Waals surface area contributed by atoms with Crippen LogP contribution in [0.5, 0.6) is 0 Å². The Morgan fingerprint density at radius 2 is 1.17 bits per heavy atom. The van der Waals surface area contributed by atoms with Crippen molar-refractivity contribution in [2.45, 2.75) is 104 Å². The molecule has 0 bridgehead atoms. The van der Waals surface area contributed by atoms with Gasteiger partial charge in [-0.1, -0.05) is 102 Å². The van der Waals surface area contributed by atoms with Crippen molar-refractivity contribution in [3.8, 4) is 0 Å². The van der Waals surface area contributed by atoms with Gasteiger partial charge in [0.1, 0.15) is 0 Å². The predicted octanol–water partition coefficient (Wildman–Crippen LogP) is 7.67. The van der Waals surface area contributed by atoms with Gasteiger partial charge < -0.3 is 4.74 Å². The SMILES string of the molecule is CCCCCCCCCCCCCCCCOCC=C(C)CCl. The van der Waals surface area contributed by atoms with E-state index in [1.165, 1.54) is 95.5 Å². The number of hydrogen-bond donors (Lipinski definition) is 0. The Balaban J connectivity index is 3.03. The molecule has 0 radical (unpaired) electrons. The van der Waals surface area contributed by atoms with Gasteiger partial charge >= 0.3 is 0 Å². The Labute approximate surface area is 151 Å². The molecule has 0 heterocycles. The third kappa shape index (κ3) is 19.9. The fourth-order valence-electron chi connectivity index (χ4n) is 2.74. The lowest BCUT2D eigenvalue weighted by Gasteiger charge is -2.04. The summed E-state index contributed by atoms with van der Waals surface area (Å²) in [6, 6.07) is 0. The van der Waals surface area contributed by atoms with E-state index in [1.54, 1.807) is 0 Å². The molecule has 0 saturated carbocycles. The first-order chi connectivity index (χ1) is 11.3. The highest BCUT2D eigenvalue weighted by Gasteiger charge is 1.94. The van der Waals surface area contributed by atoms with Crippen molar-refractivity contribution in [1.82, 2.24) is 0 Å². The molecule has 0 aromatic carbocycles. The number of unbranched alkanes of at least 4 members (excludes halogenated alkanes) is 13. The first kappa shape index (κ1) is 23.0. The molecule has 0 spiro atoms. The van der Waals surface area contributed by atoms with E-state index in [9.17, 15) is 0 Å². The average molecular weight is 345 g/mol. The van der Waals surface area contributed by atoms with Gasteiger partial charge in [-0.2, -0.15) is 0 Å². The number of allylic oxidation sites excluding steroid dienone is 1. The Hall–Kier alpha value is -0.0100. The van der Waals surface area contributed by atoms with Crippen LogP contribution in [0.15, 0.2) is 11.6 Å². The first-order valence-corrected chi connectivity index (χ1v) is 10.6. The Morgan fingerprint density at radius 3 is 1.61 bits per heavy atom. The van der Waals surface area contributed by atoms with E-state index < -0.39 is 0 Å².